The molecule has 0 radical (unpaired) electrons. The number of hydrogen-bond donors (Lipinski definition) is 0. The van der Waals surface area contributed by atoms with Gasteiger partial charge in [-0.25, -0.2) is 4.79 Å². The molecule has 1 aliphatic heterocycles. The van der Waals surface area contributed by atoms with E-state index in [2.05, 4.69) is 29.7 Å². The van der Waals surface area contributed by atoms with Crippen LogP contribution in [0.5, 0.6) is 0 Å². The summed E-state index contributed by atoms with van der Waals surface area (Å²) in [6, 6.07) is 8.34. The van der Waals surface area contributed by atoms with Gasteiger partial charge in [-0.2, -0.15) is 0 Å². The Morgan fingerprint density at radius 1 is 1.44 bits per heavy atom. The molecule has 0 aromatic heterocycles. The van der Waals surface area contributed by atoms with E-state index in [1.807, 2.05) is 6.07 Å². The molecule has 0 aliphatic carbocycles. The smallest absolute Gasteiger partial charge is 0.335 e. The van der Waals surface area contributed by atoms with E-state index in [1.54, 1.807) is 6.92 Å². The van der Waals surface area contributed by atoms with Crippen LogP contribution >= 0.6 is 0 Å². The highest BCUT2D eigenvalue weighted by Crippen LogP contribution is 2.27. The minimum absolute atomic E-state index is 0.291. The van der Waals surface area contributed by atoms with Crippen LogP contribution in [-0.2, 0) is 16.0 Å². The molecule has 0 amide bonds. The molecule has 3 nitrogen and oxygen atoms in total. The molecule has 1 aromatic carbocycles. The van der Waals surface area contributed by atoms with Gasteiger partial charge in [0.1, 0.15) is 0 Å². The molecule has 1 aromatic rings. The van der Waals surface area contributed by atoms with Crippen molar-refractivity contribution in [3.05, 3.63) is 42.0 Å². The van der Waals surface area contributed by atoms with E-state index in [0.29, 0.717) is 18.7 Å². The van der Waals surface area contributed by atoms with Crippen molar-refractivity contribution in [2.45, 2.75) is 19.8 Å². The van der Waals surface area contributed by atoms with Crippen LogP contribution in [0.25, 0.3) is 0 Å². The first kappa shape index (κ1) is 12.7. The van der Waals surface area contributed by atoms with Crippen LogP contribution in [-0.4, -0.2) is 25.7 Å². The minimum Gasteiger partial charge on any atom is -0.463 e. The molecular formula is C15H19NO2. The van der Waals surface area contributed by atoms with Crippen LogP contribution < -0.4 is 4.90 Å². The second kappa shape index (κ2) is 5.71. The van der Waals surface area contributed by atoms with Gasteiger partial charge in [0.05, 0.1) is 6.61 Å². The predicted molar refractivity (Wildman–Crippen MR) is 72.7 cm³/mol. The Kier molecular flexibility index (Phi) is 4.03. The first-order valence-electron chi connectivity index (χ1n) is 6.40. The van der Waals surface area contributed by atoms with Gasteiger partial charge in [-0.15, -0.1) is 0 Å². The molecule has 1 heterocycles. The van der Waals surface area contributed by atoms with Crippen molar-refractivity contribution in [3.63, 3.8) is 0 Å². The summed E-state index contributed by atoms with van der Waals surface area (Å²) in [5.74, 6) is -0.291. The zero-order valence-corrected chi connectivity index (χ0v) is 10.8. The summed E-state index contributed by atoms with van der Waals surface area (Å²) < 4.78 is 4.97. The SMILES string of the molecule is C=C(CN1CCCc2ccccc21)C(=O)OCC. The number of aryl methyl sites for hydroxylation is 1. The van der Waals surface area contributed by atoms with E-state index >= 15 is 0 Å². The summed E-state index contributed by atoms with van der Waals surface area (Å²) in [7, 11) is 0. The fraction of sp³-hybridized carbons (Fsp3) is 0.400. The molecule has 0 saturated carbocycles. The van der Waals surface area contributed by atoms with Crippen LogP contribution in [0.3, 0.4) is 0 Å². The Morgan fingerprint density at radius 3 is 3.00 bits per heavy atom. The molecule has 3 heteroatoms. The van der Waals surface area contributed by atoms with Crippen molar-refractivity contribution in [1.82, 2.24) is 0 Å². The largest absolute Gasteiger partial charge is 0.463 e. The average Bonchev–Trinajstić information content (AvgIpc) is 2.39. The molecule has 0 fully saturated rings. The highest BCUT2D eigenvalue weighted by atomic mass is 16.5. The van der Waals surface area contributed by atoms with Gasteiger partial charge in [0.2, 0.25) is 0 Å². The zero-order chi connectivity index (χ0) is 13.0. The quantitative estimate of drug-likeness (QED) is 0.603. The van der Waals surface area contributed by atoms with E-state index < -0.39 is 0 Å². The maximum absolute atomic E-state index is 11.6. The number of hydrogen-bond acceptors (Lipinski definition) is 3. The molecule has 0 atom stereocenters. The number of rotatable bonds is 4. The number of para-hydroxylation sites is 1. The summed E-state index contributed by atoms with van der Waals surface area (Å²) in [6.45, 7) is 7.55. The first-order valence-corrected chi connectivity index (χ1v) is 6.40. The van der Waals surface area contributed by atoms with Crippen molar-refractivity contribution in [1.29, 1.82) is 0 Å². The fourth-order valence-electron chi connectivity index (χ4n) is 2.30. The van der Waals surface area contributed by atoms with Crippen LogP contribution in [0.15, 0.2) is 36.4 Å². The maximum atomic E-state index is 11.6. The standard InChI is InChI=1S/C15H19NO2/c1-3-18-15(17)12(2)11-16-10-6-8-13-7-4-5-9-14(13)16/h4-5,7,9H,2-3,6,8,10-11H2,1H3. The van der Waals surface area contributed by atoms with Gasteiger partial charge in [-0.1, -0.05) is 24.8 Å². The first-order chi connectivity index (χ1) is 8.72. The molecule has 96 valence electrons. The lowest BCUT2D eigenvalue weighted by molar-refractivity contribution is -0.138. The summed E-state index contributed by atoms with van der Waals surface area (Å²) in [5.41, 5.74) is 3.09. The molecule has 1 aliphatic rings. The minimum atomic E-state index is -0.291. The molecule has 2 rings (SSSR count). The van der Waals surface area contributed by atoms with Gasteiger partial charge in [-0.3, -0.25) is 0 Å². The van der Waals surface area contributed by atoms with Crippen molar-refractivity contribution in [2.24, 2.45) is 0 Å². The van der Waals surface area contributed by atoms with Crippen molar-refractivity contribution in [2.75, 3.05) is 24.6 Å². The lowest BCUT2D eigenvalue weighted by atomic mass is 10.0. The molecule has 0 saturated heterocycles. The van der Waals surface area contributed by atoms with Gasteiger partial charge in [0, 0.05) is 24.4 Å². The number of carbonyl (C=O) groups is 1. The van der Waals surface area contributed by atoms with Gasteiger partial charge >= 0.3 is 5.97 Å². The third kappa shape index (κ3) is 2.73. The third-order valence-electron chi connectivity index (χ3n) is 3.15. The van der Waals surface area contributed by atoms with E-state index in [4.69, 9.17) is 4.74 Å². The second-order valence-electron chi connectivity index (χ2n) is 4.48. The normalized spacial score (nSPS) is 13.9. The van der Waals surface area contributed by atoms with Gasteiger partial charge < -0.3 is 9.64 Å². The Hall–Kier alpha value is -1.77. The average molecular weight is 245 g/mol. The Balaban J connectivity index is 2.07. The molecule has 0 N–H and O–H groups in total. The molecule has 18 heavy (non-hydrogen) atoms. The third-order valence-corrected chi connectivity index (χ3v) is 3.15. The van der Waals surface area contributed by atoms with E-state index in [9.17, 15) is 4.79 Å². The number of nitrogens with zero attached hydrogens (tertiary/aromatic N) is 1. The van der Waals surface area contributed by atoms with E-state index in [1.165, 1.54) is 11.3 Å². The van der Waals surface area contributed by atoms with Crippen LogP contribution in [0.2, 0.25) is 0 Å². The predicted octanol–water partition coefficient (Wildman–Crippen LogP) is 2.56. The maximum Gasteiger partial charge on any atom is 0.335 e. The lowest BCUT2D eigenvalue weighted by Gasteiger charge is -2.31. The van der Waals surface area contributed by atoms with Gasteiger partial charge in [0.15, 0.2) is 0 Å². The van der Waals surface area contributed by atoms with Gasteiger partial charge in [-0.05, 0) is 31.4 Å². The molecule has 0 unspecified atom stereocenters. The monoisotopic (exact) mass is 245 g/mol. The number of benzene rings is 1. The molecule has 0 bridgehead atoms. The second-order valence-corrected chi connectivity index (χ2v) is 4.48. The molecule has 0 spiro atoms. The topological polar surface area (TPSA) is 29.5 Å². The summed E-state index contributed by atoms with van der Waals surface area (Å²) in [6.07, 6.45) is 2.23. The zero-order valence-electron chi connectivity index (χ0n) is 10.8. The number of fused-ring (bicyclic) bond motifs is 1. The van der Waals surface area contributed by atoms with E-state index in [-0.39, 0.29) is 5.97 Å². The summed E-state index contributed by atoms with van der Waals surface area (Å²) >= 11 is 0. The van der Waals surface area contributed by atoms with Crippen LogP contribution in [0.1, 0.15) is 18.9 Å². The highest BCUT2D eigenvalue weighted by Gasteiger charge is 2.19. The summed E-state index contributed by atoms with van der Waals surface area (Å²) in [5, 5.41) is 0. The Bertz CT molecular complexity index is 454. The van der Waals surface area contributed by atoms with Crippen molar-refractivity contribution >= 4 is 11.7 Å². The number of esters is 1. The summed E-state index contributed by atoms with van der Waals surface area (Å²) in [4.78, 5) is 13.8. The van der Waals surface area contributed by atoms with Crippen molar-refractivity contribution in [3.8, 4) is 0 Å². The lowest BCUT2D eigenvalue weighted by Crippen LogP contribution is -2.32. The number of ether oxygens (including phenoxy) is 1. The van der Waals surface area contributed by atoms with Gasteiger partial charge in [0.25, 0.3) is 0 Å². The van der Waals surface area contributed by atoms with Crippen LogP contribution in [0.4, 0.5) is 5.69 Å². The van der Waals surface area contributed by atoms with Crippen molar-refractivity contribution < 1.29 is 9.53 Å². The van der Waals surface area contributed by atoms with E-state index in [0.717, 1.165) is 19.4 Å². The van der Waals surface area contributed by atoms with Crippen LogP contribution in [0, 0.1) is 0 Å². The fourth-order valence-corrected chi connectivity index (χ4v) is 2.30. The highest BCUT2D eigenvalue weighted by molar-refractivity contribution is 5.89. The Morgan fingerprint density at radius 2 is 2.22 bits per heavy atom. The number of carbonyl (C=O) groups excluding carboxylic acids is 1. The molecular weight excluding hydrogens is 226 g/mol. The number of anilines is 1. The Labute approximate surface area is 108 Å².